The molecule has 1 aliphatic heterocycles. The predicted octanol–water partition coefficient (Wildman–Crippen LogP) is 14.6. The first-order valence-electron chi connectivity index (χ1n) is 28.9. The van der Waals surface area contributed by atoms with Crippen molar-refractivity contribution in [1.29, 1.82) is 0 Å². The molecular formula is C61H102O12. The smallest absolute Gasteiger partial charge is 0.335 e. The molecule has 418 valence electrons. The molecule has 0 aliphatic carbocycles. The lowest BCUT2D eigenvalue weighted by Gasteiger charge is -2.40. The summed E-state index contributed by atoms with van der Waals surface area (Å²) >= 11 is 0. The number of rotatable bonds is 48. The second-order valence-electron chi connectivity index (χ2n) is 19.5. The van der Waals surface area contributed by atoms with Gasteiger partial charge in [0.1, 0.15) is 18.8 Å². The van der Waals surface area contributed by atoms with Crippen LogP contribution in [0.15, 0.2) is 72.9 Å². The molecule has 0 aromatic carbocycles. The summed E-state index contributed by atoms with van der Waals surface area (Å²) in [6.45, 7) is 5.79. The Labute approximate surface area is 442 Å². The molecule has 0 bridgehead atoms. The van der Waals surface area contributed by atoms with Gasteiger partial charge in [-0.05, 0) is 83.5 Å². The van der Waals surface area contributed by atoms with Gasteiger partial charge in [-0.15, -0.1) is 0 Å². The van der Waals surface area contributed by atoms with Crippen molar-refractivity contribution in [3.63, 3.8) is 0 Å². The Morgan fingerprint density at radius 2 is 0.877 bits per heavy atom. The molecule has 6 atom stereocenters. The summed E-state index contributed by atoms with van der Waals surface area (Å²) in [6.07, 6.45) is 48.9. The van der Waals surface area contributed by atoms with Crippen LogP contribution in [-0.4, -0.2) is 89.2 Å². The molecular weight excluding hydrogens is 925 g/mol. The largest absolute Gasteiger partial charge is 0.479 e. The van der Waals surface area contributed by atoms with Gasteiger partial charge < -0.3 is 39.0 Å². The number of carbonyl (C=O) groups excluding carboxylic acids is 3. The summed E-state index contributed by atoms with van der Waals surface area (Å²) in [6, 6.07) is 0. The molecule has 0 aromatic rings. The molecule has 0 saturated carbocycles. The Bertz CT molecular complexity index is 1550. The minimum Gasteiger partial charge on any atom is -0.479 e. The average Bonchev–Trinajstić information content (AvgIpc) is 3.37. The molecule has 0 radical (unpaired) electrons. The van der Waals surface area contributed by atoms with E-state index in [1.807, 2.05) is 6.08 Å². The van der Waals surface area contributed by atoms with Crippen molar-refractivity contribution in [3.8, 4) is 0 Å². The van der Waals surface area contributed by atoms with Gasteiger partial charge in [-0.2, -0.15) is 0 Å². The van der Waals surface area contributed by atoms with Gasteiger partial charge in [0, 0.05) is 19.3 Å². The highest BCUT2D eigenvalue weighted by Gasteiger charge is 2.50. The van der Waals surface area contributed by atoms with Crippen molar-refractivity contribution < 1.29 is 58.2 Å². The van der Waals surface area contributed by atoms with E-state index in [0.717, 1.165) is 89.9 Å². The molecule has 1 fully saturated rings. The van der Waals surface area contributed by atoms with Gasteiger partial charge in [0.25, 0.3) is 0 Å². The lowest BCUT2D eigenvalue weighted by Crippen LogP contribution is -2.61. The number of carbonyl (C=O) groups is 4. The molecule has 1 saturated heterocycles. The third kappa shape index (κ3) is 39.3. The van der Waals surface area contributed by atoms with Crippen molar-refractivity contribution in [1.82, 2.24) is 0 Å². The number of unbranched alkanes of at least 4 members (excludes halogenated alkanes) is 22. The van der Waals surface area contributed by atoms with E-state index in [0.29, 0.717) is 25.7 Å². The van der Waals surface area contributed by atoms with Crippen LogP contribution in [0.1, 0.15) is 239 Å². The topological polar surface area (TPSA) is 175 Å². The zero-order valence-electron chi connectivity index (χ0n) is 45.9. The number of ether oxygens (including phenoxy) is 5. The van der Waals surface area contributed by atoms with E-state index in [9.17, 15) is 34.5 Å². The third-order valence-corrected chi connectivity index (χ3v) is 12.8. The Morgan fingerprint density at radius 3 is 1.37 bits per heavy atom. The number of aliphatic hydroxyl groups excluding tert-OH is 2. The van der Waals surface area contributed by atoms with E-state index in [4.69, 9.17) is 23.7 Å². The van der Waals surface area contributed by atoms with Gasteiger partial charge in [0.15, 0.2) is 24.6 Å². The lowest BCUT2D eigenvalue weighted by atomic mass is 9.98. The highest BCUT2D eigenvalue weighted by Crippen LogP contribution is 2.26. The number of carboxylic acid groups (broad SMARTS) is 1. The van der Waals surface area contributed by atoms with Crippen LogP contribution in [0.2, 0.25) is 0 Å². The van der Waals surface area contributed by atoms with Crippen molar-refractivity contribution in [2.75, 3.05) is 13.2 Å². The van der Waals surface area contributed by atoms with Gasteiger partial charge in [-0.3, -0.25) is 14.4 Å². The molecule has 0 amide bonds. The highest BCUT2D eigenvalue weighted by molar-refractivity contribution is 5.74. The van der Waals surface area contributed by atoms with Crippen molar-refractivity contribution in [3.05, 3.63) is 72.9 Å². The highest BCUT2D eigenvalue weighted by atomic mass is 16.7. The number of hydrogen-bond acceptors (Lipinski definition) is 11. The summed E-state index contributed by atoms with van der Waals surface area (Å²) in [5, 5.41) is 31.4. The van der Waals surface area contributed by atoms with E-state index in [1.54, 1.807) is 0 Å². The minimum atomic E-state index is -1.91. The van der Waals surface area contributed by atoms with E-state index in [2.05, 4.69) is 87.6 Å². The number of hydrogen-bond donors (Lipinski definition) is 3. The van der Waals surface area contributed by atoms with Gasteiger partial charge >= 0.3 is 23.9 Å². The van der Waals surface area contributed by atoms with Crippen LogP contribution in [0.25, 0.3) is 0 Å². The number of aliphatic carboxylic acids is 1. The van der Waals surface area contributed by atoms with Crippen LogP contribution in [0.4, 0.5) is 0 Å². The fourth-order valence-corrected chi connectivity index (χ4v) is 8.34. The Balaban J connectivity index is 2.69. The minimum absolute atomic E-state index is 0.0495. The number of esters is 3. The van der Waals surface area contributed by atoms with Crippen molar-refractivity contribution in [2.24, 2.45) is 0 Å². The van der Waals surface area contributed by atoms with Gasteiger partial charge in [-0.1, -0.05) is 209 Å². The molecule has 0 spiro atoms. The standard InChI is InChI=1S/C61H102O12/c1-4-7-10-13-16-19-21-23-25-27-29-31-33-36-38-41-44-47-53(62)69-50-52(71-54(63)48-45-42-39-35-18-15-12-9-6-3)51-70-61-59(57(66)56(65)58(73-61)60(67)68)72-55(64)49-46-43-40-37-34-32-30-28-26-24-22-20-17-14-11-8-5-2/h7,10,16,19,23-26,29,31,36,38,52,56-59,61,65-66H,4-6,8-9,11-15,17-18,20-22,27-28,30,32-35,37,39-51H2,1-3H3,(H,67,68)/b10-7-,19-16-,25-23-,26-24-,31-29-,38-36-. The first-order valence-corrected chi connectivity index (χ1v) is 28.9. The van der Waals surface area contributed by atoms with E-state index < -0.39 is 67.3 Å². The van der Waals surface area contributed by atoms with Crippen molar-refractivity contribution >= 4 is 23.9 Å². The van der Waals surface area contributed by atoms with E-state index >= 15 is 0 Å². The quantitative estimate of drug-likeness (QED) is 0.0228. The maximum Gasteiger partial charge on any atom is 0.335 e. The zero-order chi connectivity index (χ0) is 53.3. The van der Waals surface area contributed by atoms with Crippen LogP contribution in [0, 0.1) is 0 Å². The van der Waals surface area contributed by atoms with Crippen LogP contribution >= 0.6 is 0 Å². The maximum atomic E-state index is 13.1. The molecule has 3 N–H and O–H groups in total. The molecule has 12 heteroatoms. The lowest BCUT2D eigenvalue weighted by molar-refractivity contribution is -0.301. The van der Waals surface area contributed by atoms with Gasteiger partial charge in [0.05, 0.1) is 6.61 Å². The van der Waals surface area contributed by atoms with Crippen LogP contribution in [0.5, 0.6) is 0 Å². The number of allylic oxidation sites excluding steroid dienone is 12. The summed E-state index contributed by atoms with van der Waals surface area (Å²) in [5.41, 5.74) is 0. The molecule has 12 nitrogen and oxygen atoms in total. The van der Waals surface area contributed by atoms with Crippen molar-refractivity contribution in [2.45, 2.75) is 276 Å². The summed E-state index contributed by atoms with van der Waals surface area (Å²) in [5.74, 6) is -3.20. The fraction of sp³-hybridized carbons (Fsp3) is 0.738. The molecule has 0 aromatic heterocycles. The molecule has 1 aliphatic rings. The number of aliphatic hydroxyl groups is 2. The Morgan fingerprint density at radius 1 is 0.466 bits per heavy atom. The second kappa shape index (κ2) is 49.1. The molecule has 6 unspecified atom stereocenters. The summed E-state index contributed by atoms with van der Waals surface area (Å²) in [7, 11) is 0. The average molecular weight is 1030 g/mol. The van der Waals surface area contributed by atoms with Gasteiger partial charge in [-0.25, -0.2) is 4.79 Å². The Kier molecular flexibility index (Phi) is 45.1. The summed E-state index contributed by atoms with van der Waals surface area (Å²) < 4.78 is 28.3. The Hall–Kier alpha value is -3.84. The van der Waals surface area contributed by atoms with Crippen LogP contribution in [0.3, 0.4) is 0 Å². The molecule has 73 heavy (non-hydrogen) atoms. The predicted molar refractivity (Wildman–Crippen MR) is 294 cm³/mol. The SMILES string of the molecule is CC/C=C\C/C=C\C/C=C\C/C=C\C/C=C\CCCC(=O)OCC(COC1OC(C(=O)O)C(O)C(O)C1OC(=O)CCCCCCCCC/C=C\CCCCCCCC)OC(=O)CCCCCCCCCCC. The number of carboxylic acids is 1. The maximum absolute atomic E-state index is 13.1. The normalized spacial score (nSPS) is 18.8. The molecule has 1 heterocycles. The summed E-state index contributed by atoms with van der Waals surface area (Å²) in [4.78, 5) is 50.9. The van der Waals surface area contributed by atoms with Crippen LogP contribution < -0.4 is 0 Å². The first kappa shape index (κ1) is 67.2. The first-order chi connectivity index (χ1) is 35.6. The zero-order valence-corrected chi connectivity index (χ0v) is 45.9. The van der Waals surface area contributed by atoms with E-state index in [1.165, 1.54) is 83.5 Å². The second-order valence-corrected chi connectivity index (χ2v) is 19.5. The van der Waals surface area contributed by atoms with Gasteiger partial charge in [0.2, 0.25) is 0 Å². The molecule has 1 rings (SSSR count). The fourth-order valence-electron chi connectivity index (χ4n) is 8.34. The monoisotopic (exact) mass is 1030 g/mol. The third-order valence-electron chi connectivity index (χ3n) is 12.8. The van der Waals surface area contributed by atoms with E-state index in [-0.39, 0.29) is 25.9 Å². The van der Waals surface area contributed by atoms with Crippen LogP contribution in [-0.2, 0) is 42.9 Å².